The highest BCUT2D eigenvalue weighted by Gasteiger charge is 2.12. The van der Waals surface area contributed by atoms with Gasteiger partial charge in [-0.25, -0.2) is 4.98 Å². The van der Waals surface area contributed by atoms with E-state index in [4.69, 9.17) is 23.2 Å². The molecule has 0 saturated heterocycles. The second kappa shape index (κ2) is 6.49. The van der Waals surface area contributed by atoms with Gasteiger partial charge in [0, 0.05) is 19.3 Å². The highest BCUT2D eigenvalue weighted by molar-refractivity contribution is 6.34. The minimum atomic E-state index is -0.342. The fourth-order valence-corrected chi connectivity index (χ4v) is 1.79. The minimum Gasteiger partial charge on any atom is -0.351 e. The van der Waals surface area contributed by atoms with Crippen LogP contribution in [0.2, 0.25) is 10.2 Å². The topological polar surface area (TPSA) is 72.7 Å². The van der Waals surface area contributed by atoms with Crippen molar-refractivity contribution in [3.63, 3.8) is 0 Å². The molecule has 8 heteroatoms. The second-order valence-corrected chi connectivity index (χ2v) is 4.53. The summed E-state index contributed by atoms with van der Waals surface area (Å²) in [5.74, 6) is -0.342. The molecule has 100 valence electrons. The summed E-state index contributed by atoms with van der Waals surface area (Å²) in [6, 6.07) is 3.08. The number of nitrogens with one attached hydrogen (secondary N) is 1. The molecule has 0 aromatic carbocycles. The van der Waals surface area contributed by atoms with Gasteiger partial charge >= 0.3 is 0 Å². The third-order valence-electron chi connectivity index (χ3n) is 2.35. The Morgan fingerprint density at radius 1 is 1.37 bits per heavy atom. The van der Waals surface area contributed by atoms with E-state index in [9.17, 15) is 4.79 Å². The van der Waals surface area contributed by atoms with Crippen LogP contribution in [0.1, 0.15) is 16.9 Å². The number of hydrogen-bond donors (Lipinski definition) is 1. The monoisotopic (exact) mass is 299 g/mol. The van der Waals surface area contributed by atoms with Gasteiger partial charge in [-0.3, -0.25) is 9.48 Å². The Bertz CT molecular complexity index is 558. The maximum absolute atomic E-state index is 11.8. The Hall–Kier alpha value is -1.66. The van der Waals surface area contributed by atoms with Crippen LogP contribution < -0.4 is 5.32 Å². The average molecular weight is 300 g/mol. The third kappa shape index (κ3) is 3.90. The number of pyridine rings is 1. The first-order valence-electron chi connectivity index (χ1n) is 5.61. The molecule has 2 aromatic heterocycles. The van der Waals surface area contributed by atoms with Crippen LogP contribution in [-0.4, -0.2) is 32.4 Å². The molecule has 0 fully saturated rings. The summed E-state index contributed by atoms with van der Waals surface area (Å²) in [6.45, 7) is 1.17. The summed E-state index contributed by atoms with van der Waals surface area (Å²) >= 11 is 11.6. The molecular formula is C11H11Cl2N5O. The standard InChI is InChI=1S/C11H11Cl2N5O/c12-8-2-3-9(13)16-10(8)11(19)14-4-1-6-18-7-5-15-17-18/h2-3,5,7H,1,4,6H2,(H,14,19). The summed E-state index contributed by atoms with van der Waals surface area (Å²) in [5, 5.41) is 10.7. The van der Waals surface area contributed by atoms with Crippen LogP contribution in [-0.2, 0) is 6.54 Å². The molecule has 0 aliphatic rings. The van der Waals surface area contributed by atoms with Crippen molar-refractivity contribution in [3.8, 4) is 0 Å². The Balaban J connectivity index is 1.82. The highest BCUT2D eigenvalue weighted by atomic mass is 35.5. The Labute approximate surface area is 119 Å². The van der Waals surface area contributed by atoms with Crippen LogP contribution >= 0.6 is 23.2 Å². The van der Waals surface area contributed by atoms with Gasteiger partial charge in [0.15, 0.2) is 0 Å². The minimum absolute atomic E-state index is 0.134. The van der Waals surface area contributed by atoms with Gasteiger partial charge < -0.3 is 5.32 Å². The predicted molar refractivity (Wildman–Crippen MR) is 71.2 cm³/mol. The van der Waals surface area contributed by atoms with Crippen molar-refractivity contribution >= 4 is 29.1 Å². The van der Waals surface area contributed by atoms with Crippen molar-refractivity contribution in [3.05, 3.63) is 40.4 Å². The van der Waals surface area contributed by atoms with Crippen molar-refractivity contribution in [1.29, 1.82) is 0 Å². The molecule has 2 heterocycles. The van der Waals surface area contributed by atoms with Gasteiger partial charge in [-0.05, 0) is 18.6 Å². The molecule has 0 bridgehead atoms. The summed E-state index contributed by atoms with van der Waals surface area (Å²) < 4.78 is 1.69. The molecule has 0 aliphatic heterocycles. The molecule has 2 rings (SSSR count). The summed E-state index contributed by atoms with van der Waals surface area (Å²) in [7, 11) is 0. The number of carbonyl (C=O) groups is 1. The maximum Gasteiger partial charge on any atom is 0.271 e. The molecule has 1 amide bonds. The van der Waals surface area contributed by atoms with Gasteiger partial charge in [-0.2, -0.15) is 0 Å². The molecule has 0 saturated carbocycles. The lowest BCUT2D eigenvalue weighted by Gasteiger charge is -2.06. The molecule has 2 aromatic rings. The number of nitrogens with zero attached hydrogens (tertiary/aromatic N) is 4. The van der Waals surface area contributed by atoms with E-state index in [1.54, 1.807) is 23.1 Å². The van der Waals surface area contributed by atoms with E-state index >= 15 is 0 Å². The van der Waals surface area contributed by atoms with Crippen LogP contribution in [0.25, 0.3) is 0 Å². The molecule has 1 N–H and O–H groups in total. The number of rotatable bonds is 5. The van der Waals surface area contributed by atoms with Gasteiger partial charge in [-0.15, -0.1) is 5.10 Å². The van der Waals surface area contributed by atoms with E-state index in [-0.39, 0.29) is 21.8 Å². The van der Waals surface area contributed by atoms with Crippen molar-refractivity contribution < 1.29 is 4.79 Å². The van der Waals surface area contributed by atoms with Crippen LogP contribution in [0.4, 0.5) is 0 Å². The fourth-order valence-electron chi connectivity index (χ4n) is 1.46. The van der Waals surface area contributed by atoms with E-state index in [2.05, 4.69) is 20.6 Å². The zero-order chi connectivity index (χ0) is 13.7. The van der Waals surface area contributed by atoms with Crippen molar-refractivity contribution in [1.82, 2.24) is 25.3 Å². The molecular weight excluding hydrogens is 289 g/mol. The zero-order valence-electron chi connectivity index (χ0n) is 9.88. The van der Waals surface area contributed by atoms with Crippen LogP contribution in [0.5, 0.6) is 0 Å². The number of hydrogen-bond acceptors (Lipinski definition) is 4. The van der Waals surface area contributed by atoms with Crippen LogP contribution in [0.3, 0.4) is 0 Å². The number of carbonyl (C=O) groups excluding carboxylic acids is 1. The summed E-state index contributed by atoms with van der Waals surface area (Å²) in [5.41, 5.74) is 0.134. The zero-order valence-corrected chi connectivity index (χ0v) is 11.4. The van der Waals surface area contributed by atoms with Gasteiger partial charge in [0.2, 0.25) is 0 Å². The lowest BCUT2D eigenvalue weighted by molar-refractivity contribution is 0.0948. The van der Waals surface area contributed by atoms with Gasteiger partial charge in [-0.1, -0.05) is 28.4 Å². The summed E-state index contributed by atoms with van der Waals surface area (Å²) in [6.07, 6.45) is 4.10. The first kappa shape index (κ1) is 13.8. The van der Waals surface area contributed by atoms with Crippen molar-refractivity contribution in [2.45, 2.75) is 13.0 Å². The fraction of sp³-hybridized carbons (Fsp3) is 0.273. The van der Waals surface area contributed by atoms with Crippen LogP contribution in [0, 0.1) is 0 Å². The number of aryl methyl sites for hydroxylation is 1. The van der Waals surface area contributed by atoms with Gasteiger partial charge in [0.25, 0.3) is 5.91 Å². The lowest BCUT2D eigenvalue weighted by atomic mass is 10.3. The second-order valence-electron chi connectivity index (χ2n) is 3.74. The average Bonchev–Trinajstić information content (AvgIpc) is 2.90. The molecule has 0 radical (unpaired) electrons. The van der Waals surface area contributed by atoms with Crippen LogP contribution in [0.15, 0.2) is 24.5 Å². The largest absolute Gasteiger partial charge is 0.351 e. The maximum atomic E-state index is 11.8. The van der Waals surface area contributed by atoms with E-state index in [1.807, 2.05) is 0 Å². The van der Waals surface area contributed by atoms with Crippen molar-refractivity contribution in [2.24, 2.45) is 0 Å². The normalized spacial score (nSPS) is 10.4. The quantitative estimate of drug-likeness (QED) is 0.675. The smallest absolute Gasteiger partial charge is 0.271 e. The Morgan fingerprint density at radius 2 is 2.21 bits per heavy atom. The molecule has 0 aliphatic carbocycles. The first-order chi connectivity index (χ1) is 9.16. The van der Waals surface area contributed by atoms with E-state index in [1.165, 1.54) is 6.07 Å². The molecule has 0 unspecified atom stereocenters. The first-order valence-corrected chi connectivity index (χ1v) is 6.37. The molecule has 0 spiro atoms. The Morgan fingerprint density at radius 3 is 2.95 bits per heavy atom. The molecule has 6 nitrogen and oxygen atoms in total. The van der Waals surface area contributed by atoms with E-state index < -0.39 is 0 Å². The Kier molecular flexibility index (Phi) is 4.70. The number of halogens is 2. The van der Waals surface area contributed by atoms with E-state index in [0.29, 0.717) is 13.1 Å². The highest BCUT2D eigenvalue weighted by Crippen LogP contribution is 2.16. The van der Waals surface area contributed by atoms with Crippen molar-refractivity contribution in [2.75, 3.05) is 6.54 Å². The van der Waals surface area contributed by atoms with E-state index in [0.717, 1.165) is 6.42 Å². The number of aromatic nitrogens is 4. The molecule has 19 heavy (non-hydrogen) atoms. The SMILES string of the molecule is O=C(NCCCn1ccnn1)c1nc(Cl)ccc1Cl. The lowest BCUT2D eigenvalue weighted by Crippen LogP contribution is -2.26. The predicted octanol–water partition coefficient (Wildman–Crippen LogP) is 1.80. The molecule has 0 atom stereocenters. The van der Waals surface area contributed by atoms with Gasteiger partial charge in [0.05, 0.1) is 11.2 Å². The summed E-state index contributed by atoms with van der Waals surface area (Å²) in [4.78, 5) is 15.7. The third-order valence-corrected chi connectivity index (χ3v) is 2.86. The van der Waals surface area contributed by atoms with Gasteiger partial charge in [0.1, 0.15) is 10.8 Å². The number of amides is 1.